The molecule has 0 spiro atoms. The maximum atomic E-state index is 14.4. The second-order valence-electron chi connectivity index (χ2n) is 13.6. The number of halogens is 4. The van der Waals surface area contributed by atoms with Gasteiger partial charge in [0.15, 0.2) is 0 Å². The molecule has 14 heteroatoms. The minimum absolute atomic E-state index is 0.0432. The smallest absolute Gasteiger partial charge is 0.419 e. The lowest BCUT2D eigenvalue weighted by molar-refractivity contribution is -0.139. The molecular weight excluding hydrogens is 699 g/mol. The van der Waals surface area contributed by atoms with Crippen LogP contribution in [-0.2, 0) is 30.5 Å². The predicted octanol–water partition coefficient (Wildman–Crippen LogP) is 7.17. The van der Waals surface area contributed by atoms with Gasteiger partial charge in [-0.1, -0.05) is 54.1 Å². The van der Waals surface area contributed by atoms with E-state index in [-0.39, 0.29) is 29.8 Å². The van der Waals surface area contributed by atoms with Gasteiger partial charge >= 0.3 is 12.1 Å². The van der Waals surface area contributed by atoms with Crippen LogP contribution in [0, 0.1) is 0 Å². The molecule has 6 rings (SSSR count). The van der Waals surface area contributed by atoms with Gasteiger partial charge in [-0.3, -0.25) is 4.79 Å². The Kier molecular flexibility index (Phi) is 10.7. The summed E-state index contributed by atoms with van der Waals surface area (Å²) in [6.45, 7) is 3.58. The molecule has 0 unspecified atom stereocenters. The highest BCUT2D eigenvalue weighted by Gasteiger charge is 2.39. The van der Waals surface area contributed by atoms with Gasteiger partial charge in [0.1, 0.15) is 11.9 Å². The van der Waals surface area contributed by atoms with Gasteiger partial charge in [0.2, 0.25) is 11.8 Å². The van der Waals surface area contributed by atoms with Gasteiger partial charge in [0, 0.05) is 41.4 Å². The largest absolute Gasteiger partial charge is 0.481 e. The fourth-order valence-electron chi connectivity index (χ4n) is 7.01. The average Bonchev–Trinajstić information content (AvgIpc) is 3.51. The van der Waals surface area contributed by atoms with Crippen molar-refractivity contribution in [1.82, 2.24) is 20.6 Å². The normalized spacial score (nSPS) is 20.2. The molecule has 10 nitrogen and oxygen atoms in total. The molecule has 2 aliphatic rings. The first-order valence-electron chi connectivity index (χ1n) is 17.0. The van der Waals surface area contributed by atoms with Crippen molar-refractivity contribution in [2.24, 2.45) is 0 Å². The number of methoxy groups -OCH3 is 2. The number of carbonyl (C=O) groups is 1. The summed E-state index contributed by atoms with van der Waals surface area (Å²) < 4.78 is 54.1. The van der Waals surface area contributed by atoms with Crippen LogP contribution < -0.4 is 25.4 Å². The zero-order valence-corrected chi connectivity index (χ0v) is 30.0. The first-order chi connectivity index (χ1) is 24.7. The monoisotopic (exact) mass is 739 g/mol. The van der Waals surface area contributed by atoms with E-state index in [0.29, 0.717) is 54.4 Å². The SMILES string of the molecule is COc1nc(-c2cccc(-c3cccc4c3CC[C@@H]4Nc3nc(OC)c(CN[C@@H](C)C(=O)O)cc3C(F)(F)F)c2Cl)ccc1CNC1CC(C)(O)C1. The van der Waals surface area contributed by atoms with E-state index >= 15 is 0 Å². The van der Waals surface area contributed by atoms with Gasteiger partial charge in [-0.25, -0.2) is 4.98 Å². The van der Waals surface area contributed by atoms with E-state index in [4.69, 9.17) is 26.1 Å². The Morgan fingerprint density at radius 3 is 2.35 bits per heavy atom. The van der Waals surface area contributed by atoms with Gasteiger partial charge in [-0.15, -0.1) is 0 Å². The van der Waals surface area contributed by atoms with Crippen LogP contribution in [0.4, 0.5) is 19.0 Å². The molecule has 2 aromatic carbocycles. The average molecular weight is 740 g/mol. The summed E-state index contributed by atoms with van der Waals surface area (Å²) in [6.07, 6.45) is -2.27. The van der Waals surface area contributed by atoms with Crippen molar-refractivity contribution in [1.29, 1.82) is 0 Å². The molecule has 2 aromatic heterocycles. The number of nitrogens with zero attached hydrogens (tertiary/aromatic N) is 2. The molecule has 5 N–H and O–H groups in total. The number of alkyl halides is 3. The van der Waals surface area contributed by atoms with E-state index in [9.17, 15) is 28.2 Å². The Morgan fingerprint density at radius 2 is 1.67 bits per heavy atom. The maximum Gasteiger partial charge on any atom is 0.419 e. The third-order valence-electron chi connectivity index (χ3n) is 9.76. The standard InChI is InChI=1S/C38H41ClF3N5O5/c1-20(36(48)49)43-19-22-15-29(38(40,41)42)33(47-35(22)52-4)45-30-14-12-25-24(7-5-8-26(25)30)27-9-6-10-28(32(27)39)31-13-11-21(34(46-31)51-3)18-44-23-16-37(2,50)17-23/h5-11,13,15,20,23,30,43-44,50H,12,14,16-19H2,1-4H3,(H,45,47)(H,48,49)/t20-,23?,30-,37?/m0/s1. The predicted molar refractivity (Wildman–Crippen MR) is 192 cm³/mol. The second kappa shape index (κ2) is 14.9. The Bertz CT molecular complexity index is 1970. The molecule has 2 aliphatic carbocycles. The van der Waals surface area contributed by atoms with E-state index in [2.05, 4.69) is 20.9 Å². The number of pyridine rings is 2. The van der Waals surface area contributed by atoms with Gasteiger partial charge in [0.05, 0.1) is 42.1 Å². The number of ether oxygens (including phenoxy) is 2. The molecular formula is C38H41ClF3N5O5. The Morgan fingerprint density at radius 1 is 1.00 bits per heavy atom. The highest BCUT2D eigenvalue weighted by molar-refractivity contribution is 6.36. The van der Waals surface area contributed by atoms with E-state index in [0.717, 1.165) is 33.9 Å². The highest BCUT2D eigenvalue weighted by atomic mass is 35.5. The summed E-state index contributed by atoms with van der Waals surface area (Å²) in [6, 6.07) is 14.9. The van der Waals surface area contributed by atoms with E-state index in [1.54, 1.807) is 7.11 Å². The lowest BCUT2D eigenvalue weighted by atomic mass is 9.77. The number of aromatic nitrogens is 2. The number of nitrogens with one attached hydrogen (secondary N) is 3. The summed E-state index contributed by atoms with van der Waals surface area (Å²) >= 11 is 7.10. The minimum Gasteiger partial charge on any atom is -0.481 e. The first-order valence-corrected chi connectivity index (χ1v) is 17.4. The van der Waals surface area contributed by atoms with Gasteiger partial charge in [-0.05, 0) is 68.4 Å². The highest BCUT2D eigenvalue weighted by Crippen LogP contribution is 2.45. The number of fused-ring (bicyclic) bond motifs is 1. The number of aliphatic carboxylic acids is 1. The molecule has 1 fully saturated rings. The van der Waals surface area contributed by atoms with Gasteiger partial charge in [0.25, 0.3) is 0 Å². The number of hydrogen-bond donors (Lipinski definition) is 5. The van der Waals surface area contributed by atoms with Crippen LogP contribution in [0.2, 0.25) is 5.02 Å². The van der Waals surface area contributed by atoms with Crippen molar-refractivity contribution >= 4 is 23.4 Å². The first kappa shape index (κ1) is 37.3. The zero-order valence-electron chi connectivity index (χ0n) is 29.2. The molecule has 2 heterocycles. The van der Waals surface area contributed by atoms with Crippen molar-refractivity contribution < 1.29 is 37.7 Å². The number of hydrogen-bond acceptors (Lipinski definition) is 9. The van der Waals surface area contributed by atoms with Gasteiger partial charge < -0.3 is 35.6 Å². The second-order valence-corrected chi connectivity index (χ2v) is 14.0. The molecule has 0 aliphatic heterocycles. The molecule has 0 radical (unpaired) electrons. The number of carboxylic acid groups (broad SMARTS) is 1. The molecule has 276 valence electrons. The van der Waals surface area contributed by atoms with Crippen molar-refractivity contribution in [3.63, 3.8) is 0 Å². The number of rotatable bonds is 13. The van der Waals surface area contributed by atoms with E-state index < -0.39 is 35.4 Å². The van der Waals surface area contributed by atoms with Crippen molar-refractivity contribution in [2.45, 2.75) is 82.5 Å². The Labute approximate surface area is 304 Å². The minimum atomic E-state index is -4.74. The van der Waals surface area contributed by atoms with Crippen LogP contribution in [0.25, 0.3) is 22.4 Å². The van der Waals surface area contributed by atoms with Crippen LogP contribution in [-0.4, -0.2) is 58.1 Å². The molecule has 1 saturated carbocycles. The Hall–Kier alpha value is -4.43. The van der Waals surface area contributed by atoms with E-state index in [1.165, 1.54) is 14.0 Å². The van der Waals surface area contributed by atoms with Crippen molar-refractivity contribution in [3.8, 4) is 34.1 Å². The maximum absolute atomic E-state index is 14.4. The molecule has 2 atom stereocenters. The molecule has 0 saturated heterocycles. The van der Waals surface area contributed by atoms with Crippen molar-refractivity contribution in [3.05, 3.63) is 87.4 Å². The fraction of sp³-hybridized carbons (Fsp3) is 0.395. The quantitative estimate of drug-likeness (QED) is 0.0960. The molecule has 52 heavy (non-hydrogen) atoms. The van der Waals surface area contributed by atoms with Gasteiger partial charge in [-0.2, -0.15) is 18.2 Å². The molecule has 0 amide bonds. The van der Waals surface area contributed by atoms with Crippen LogP contribution in [0.15, 0.2) is 54.6 Å². The summed E-state index contributed by atoms with van der Waals surface area (Å²) in [5.41, 5.74) is 4.12. The number of aliphatic hydroxyl groups is 1. The van der Waals surface area contributed by atoms with Crippen molar-refractivity contribution in [2.75, 3.05) is 19.5 Å². The summed E-state index contributed by atoms with van der Waals surface area (Å²) in [5.74, 6) is -1.08. The van der Waals surface area contributed by atoms with E-state index in [1.807, 2.05) is 55.5 Å². The topological polar surface area (TPSA) is 138 Å². The lowest BCUT2D eigenvalue weighted by Crippen LogP contribution is -2.51. The van der Waals surface area contributed by atoms with Crippen LogP contribution in [0.3, 0.4) is 0 Å². The zero-order chi connectivity index (χ0) is 37.4. The fourth-order valence-corrected chi connectivity index (χ4v) is 7.33. The Balaban J connectivity index is 1.26. The van der Waals surface area contributed by atoms with Crippen LogP contribution in [0.1, 0.15) is 67.0 Å². The summed E-state index contributed by atoms with van der Waals surface area (Å²) in [4.78, 5) is 20.2. The third kappa shape index (κ3) is 7.82. The number of anilines is 1. The lowest BCUT2D eigenvalue weighted by Gasteiger charge is -2.41. The third-order valence-corrected chi connectivity index (χ3v) is 10.2. The number of benzene rings is 2. The summed E-state index contributed by atoms with van der Waals surface area (Å²) in [5, 5.41) is 28.9. The molecule has 4 aromatic rings. The van der Waals surface area contributed by atoms with Crippen LogP contribution >= 0.6 is 11.6 Å². The number of carboxylic acids is 1. The summed E-state index contributed by atoms with van der Waals surface area (Å²) in [7, 11) is 2.87. The van der Waals surface area contributed by atoms with Crippen LogP contribution in [0.5, 0.6) is 11.8 Å². The molecule has 0 bridgehead atoms.